The van der Waals surface area contributed by atoms with E-state index in [0.717, 1.165) is 0 Å². The van der Waals surface area contributed by atoms with Crippen molar-refractivity contribution in [1.29, 1.82) is 0 Å². The van der Waals surface area contributed by atoms with E-state index in [1.807, 2.05) is 6.92 Å². The Labute approximate surface area is 125 Å². The Morgan fingerprint density at radius 1 is 1.38 bits per heavy atom. The molecule has 0 unspecified atom stereocenters. The van der Waals surface area contributed by atoms with Crippen LogP contribution in [-0.2, 0) is 10.0 Å². The highest BCUT2D eigenvalue weighted by atomic mass is 32.2. The molecule has 0 aliphatic heterocycles. The summed E-state index contributed by atoms with van der Waals surface area (Å²) >= 11 is 0. The lowest BCUT2D eigenvalue weighted by Crippen LogP contribution is -2.37. The van der Waals surface area contributed by atoms with Gasteiger partial charge in [-0.25, -0.2) is 8.42 Å². The van der Waals surface area contributed by atoms with Crippen LogP contribution in [-0.4, -0.2) is 37.3 Å². The minimum absolute atomic E-state index is 0.182. The van der Waals surface area contributed by atoms with Crippen LogP contribution in [0.2, 0.25) is 0 Å². The van der Waals surface area contributed by atoms with Crippen LogP contribution < -0.4 is 5.32 Å². The first-order valence-electron chi connectivity index (χ1n) is 6.74. The molecule has 0 fully saturated rings. The summed E-state index contributed by atoms with van der Waals surface area (Å²) in [5.41, 5.74) is -0.233. The van der Waals surface area contributed by atoms with Crippen LogP contribution in [0.5, 0.6) is 0 Å². The number of nitro benzene ring substituents is 1. The second-order valence-electron chi connectivity index (χ2n) is 4.87. The van der Waals surface area contributed by atoms with Crippen LogP contribution in [0.1, 0.15) is 27.2 Å². The normalized spacial score (nSPS) is 11.9. The third kappa shape index (κ3) is 3.51. The molecule has 0 atom stereocenters. The monoisotopic (exact) mass is 315 g/mol. The summed E-state index contributed by atoms with van der Waals surface area (Å²) in [6.07, 6.45) is 0.636. The molecule has 0 aromatic heterocycles. The number of hydrogen-bond acceptors (Lipinski definition) is 5. The smallest absolute Gasteiger partial charge is 0.312 e. The molecule has 1 rings (SSSR count). The Kier molecular flexibility index (Phi) is 5.68. The van der Waals surface area contributed by atoms with Gasteiger partial charge >= 0.3 is 5.69 Å². The van der Waals surface area contributed by atoms with E-state index in [0.29, 0.717) is 13.0 Å². The number of anilines is 1. The topological polar surface area (TPSA) is 92.6 Å². The van der Waals surface area contributed by atoms with E-state index in [-0.39, 0.29) is 16.6 Å². The zero-order valence-electron chi connectivity index (χ0n) is 12.7. The SMILES string of the molecule is CCCN(C(C)C)S(=O)(=O)c1cccc(NC)c1[N+](=O)[O-]. The summed E-state index contributed by atoms with van der Waals surface area (Å²) in [7, 11) is -2.40. The molecule has 0 bridgehead atoms. The number of nitrogens with zero attached hydrogens (tertiary/aromatic N) is 2. The molecule has 0 radical (unpaired) electrons. The number of rotatable bonds is 7. The van der Waals surface area contributed by atoms with Crippen LogP contribution in [0.25, 0.3) is 0 Å². The first-order valence-corrected chi connectivity index (χ1v) is 8.18. The van der Waals surface area contributed by atoms with Crippen molar-refractivity contribution in [2.45, 2.75) is 38.1 Å². The number of benzene rings is 1. The van der Waals surface area contributed by atoms with Crippen molar-refractivity contribution in [3.8, 4) is 0 Å². The lowest BCUT2D eigenvalue weighted by atomic mass is 10.3. The molecule has 7 nitrogen and oxygen atoms in total. The molecule has 8 heteroatoms. The zero-order valence-corrected chi connectivity index (χ0v) is 13.5. The molecule has 118 valence electrons. The summed E-state index contributed by atoms with van der Waals surface area (Å²) in [6, 6.07) is 3.99. The number of para-hydroxylation sites is 1. The molecule has 0 heterocycles. The molecule has 0 saturated carbocycles. The van der Waals surface area contributed by atoms with Crippen molar-refractivity contribution in [1.82, 2.24) is 4.31 Å². The summed E-state index contributed by atoms with van der Waals surface area (Å²) in [5.74, 6) is 0. The molecule has 0 spiro atoms. The van der Waals surface area contributed by atoms with Gasteiger partial charge in [-0.05, 0) is 32.4 Å². The minimum Gasteiger partial charge on any atom is -0.383 e. The summed E-state index contributed by atoms with van der Waals surface area (Å²) < 4.78 is 26.8. The van der Waals surface area contributed by atoms with Gasteiger partial charge in [0.25, 0.3) is 0 Å². The van der Waals surface area contributed by atoms with Crippen molar-refractivity contribution in [2.75, 3.05) is 18.9 Å². The van der Waals surface area contributed by atoms with Crippen LogP contribution in [0.4, 0.5) is 11.4 Å². The predicted molar refractivity (Wildman–Crippen MR) is 82.0 cm³/mol. The Morgan fingerprint density at radius 2 is 2.00 bits per heavy atom. The van der Waals surface area contributed by atoms with Gasteiger partial charge in [0.2, 0.25) is 10.0 Å². The van der Waals surface area contributed by atoms with E-state index < -0.39 is 20.6 Å². The van der Waals surface area contributed by atoms with Crippen molar-refractivity contribution in [3.05, 3.63) is 28.3 Å². The van der Waals surface area contributed by atoms with Gasteiger partial charge in [0.15, 0.2) is 4.90 Å². The van der Waals surface area contributed by atoms with Gasteiger partial charge in [-0.1, -0.05) is 13.0 Å². The van der Waals surface area contributed by atoms with Gasteiger partial charge in [0.05, 0.1) is 4.92 Å². The fourth-order valence-corrected chi connectivity index (χ4v) is 4.03. The Balaban J connectivity index is 3.54. The Morgan fingerprint density at radius 3 is 2.43 bits per heavy atom. The minimum atomic E-state index is -3.92. The molecule has 21 heavy (non-hydrogen) atoms. The maximum Gasteiger partial charge on any atom is 0.312 e. The van der Waals surface area contributed by atoms with Crippen LogP contribution in [0, 0.1) is 10.1 Å². The van der Waals surface area contributed by atoms with Crippen molar-refractivity contribution in [3.63, 3.8) is 0 Å². The first kappa shape index (κ1) is 17.4. The fourth-order valence-electron chi connectivity index (χ4n) is 2.12. The van der Waals surface area contributed by atoms with Crippen LogP contribution in [0.3, 0.4) is 0 Å². The number of hydrogen-bond donors (Lipinski definition) is 1. The lowest BCUT2D eigenvalue weighted by Gasteiger charge is -2.25. The maximum atomic E-state index is 12.8. The van der Waals surface area contributed by atoms with Gasteiger partial charge in [-0.15, -0.1) is 0 Å². The fraction of sp³-hybridized carbons (Fsp3) is 0.538. The predicted octanol–water partition coefficient (Wildman–Crippen LogP) is 2.45. The summed E-state index contributed by atoms with van der Waals surface area (Å²) in [6.45, 7) is 5.69. The molecule has 0 aliphatic rings. The zero-order chi connectivity index (χ0) is 16.2. The maximum absolute atomic E-state index is 12.8. The van der Waals surface area contributed by atoms with Crippen LogP contribution in [0.15, 0.2) is 23.1 Å². The molecule has 0 aliphatic carbocycles. The van der Waals surface area contributed by atoms with E-state index in [2.05, 4.69) is 5.32 Å². The molecular weight excluding hydrogens is 294 g/mol. The molecule has 0 saturated heterocycles. The summed E-state index contributed by atoms with van der Waals surface area (Å²) in [5, 5.41) is 13.9. The Hall–Kier alpha value is -1.67. The third-order valence-electron chi connectivity index (χ3n) is 3.06. The van der Waals surface area contributed by atoms with E-state index in [4.69, 9.17) is 0 Å². The van der Waals surface area contributed by atoms with E-state index >= 15 is 0 Å². The second-order valence-corrected chi connectivity index (χ2v) is 6.73. The van der Waals surface area contributed by atoms with Crippen molar-refractivity contribution < 1.29 is 13.3 Å². The van der Waals surface area contributed by atoms with Gasteiger partial charge in [-0.2, -0.15) is 4.31 Å². The van der Waals surface area contributed by atoms with Gasteiger partial charge in [-0.3, -0.25) is 10.1 Å². The quantitative estimate of drug-likeness (QED) is 0.616. The lowest BCUT2D eigenvalue weighted by molar-refractivity contribution is -0.386. The van der Waals surface area contributed by atoms with Crippen molar-refractivity contribution in [2.24, 2.45) is 0 Å². The Bertz CT molecular complexity index is 614. The van der Waals surface area contributed by atoms with Crippen LogP contribution >= 0.6 is 0 Å². The molecular formula is C13H21N3O4S. The first-order chi connectivity index (χ1) is 9.77. The molecule has 0 amide bonds. The van der Waals surface area contributed by atoms with Crippen molar-refractivity contribution >= 4 is 21.4 Å². The standard InChI is InChI=1S/C13H21N3O4S/c1-5-9-15(10(2)3)21(19,20)12-8-6-7-11(14-4)13(12)16(17)18/h6-8,10,14H,5,9H2,1-4H3. The van der Waals surface area contributed by atoms with Gasteiger partial charge in [0, 0.05) is 19.6 Å². The summed E-state index contributed by atoms with van der Waals surface area (Å²) in [4.78, 5) is 10.3. The third-order valence-corrected chi connectivity index (χ3v) is 5.16. The van der Waals surface area contributed by atoms with E-state index in [1.165, 1.54) is 29.6 Å². The average Bonchev–Trinajstić information content (AvgIpc) is 2.42. The van der Waals surface area contributed by atoms with E-state index in [1.54, 1.807) is 13.8 Å². The molecule has 1 N–H and O–H groups in total. The second kappa shape index (κ2) is 6.86. The highest BCUT2D eigenvalue weighted by molar-refractivity contribution is 7.89. The number of nitrogens with one attached hydrogen (secondary N) is 1. The molecule has 1 aromatic rings. The largest absolute Gasteiger partial charge is 0.383 e. The average molecular weight is 315 g/mol. The van der Waals surface area contributed by atoms with Gasteiger partial charge in [0.1, 0.15) is 5.69 Å². The highest BCUT2D eigenvalue weighted by Crippen LogP contribution is 2.34. The molecule has 1 aromatic carbocycles. The van der Waals surface area contributed by atoms with Gasteiger partial charge < -0.3 is 5.32 Å². The van der Waals surface area contributed by atoms with E-state index in [9.17, 15) is 18.5 Å². The highest BCUT2D eigenvalue weighted by Gasteiger charge is 2.34. The number of sulfonamides is 1. The number of nitro groups is 1.